The molecule has 1 atom stereocenters. The Labute approximate surface area is 217 Å². The molecule has 3 heterocycles. The molecule has 1 aromatic heterocycles. The number of halogens is 5. The third-order valence-electron chi connectivity index (χ3n) is 6.30. The Hall–Kier alpha value is -2.59. The fraction of sp³-hybridized carbons (Fsp3) is 0.500. The van der Waals surface area contributed by atoms with E-state index in [1.807, 2.05) is 0 Å². The van der Waals surface area contributed by atoms with Crippen molar-refractivity contribution in [1.29, 1.82) is 0 Å². The maximum absolute atomic E-state index is 14.8. The predicted molar refractivity (Wildman–Crippen MR) is 134 cm³/mol. The minimum Gasteiger partial charge on any atom is -0.444 e. The van der Waals surface area contributed by atoms with E-state index in [1.54, 1.807) is 25.7 Å². The number of nitrogens with zero attached hydrogens (tertiary/aromatic N) is 3. The van der Waals surface area contributed by atoms with Gasteiger partial charge < -0.3 is 20.3 Å². The Bertz CT molecular complexity index is 1230. The van der Waals surface area contributed by atoms with E-state index < -0.39 is 17.4 Å². The highest BCUT2D eigenvalue weighted by Crippen LogP contribution is 2.49. The average molecular weight is 546 g/mol. The van der Waals surface area contributed by atoms with Gasteiger partial charge in [0, 0.05) is 18.8 Å². The highest BCUT2D eigenvalue weighted by Gasteiger charge is 2.63. The Morgan fingerprint density at radius 3 is 2.44 bits per heavy atom. The van der Waals surface area contributed by atoms with Crippen molar-refractivity contribution in [3.63, 3.8) is 0 Å². The second-order valence-electron chi connectivity index (χ2n) is 10.2. The molecule has 7 nitrogen and oxygen atoms in total. The molecule has 0 spiro atoms. The number of aromatic nitrogens is 2. The van der Waals surface area contributed by atoms with Crippen LogP contribution < -0.4 is 10.6 Å². The number of carbonyl (C=O) groups is 1. The number of fused-ring (bicyclic) bond motifs is 3. The topological polar surface area (TPSA) is 71.4 Å². The Kier molecular flexibility index (Phi) is 6.66. The number of likely N-dealkylation sites (tertiary alicyclic amines) is 1. The van der Waals surface area contributed by atoms with Crippen molar-refractivity contribution in [2.45, 2.75) is 57.5 Å². The van der Waals surface area contributed by atoms with Crippen LogP contribution in [0.1, 0.15) is 40.0 Å². The average Bonchev–Trinajstić information content (AvgIpc) is 3.21. The molecule has 2 aliphatic heterocycles. The lowest BCUT2D eigenvalue weighted by atomic mass is 9.92. The number of piperidine rings is 1. The summed E-state index contributed by atoms with van der Waals surface area (Å²) in [5.74, 6) is 0.0143. The number of nitrogens with one attached hydrogen (secondary N) is 2. The molecule has 196 valence electrons. The predicted octanol–water partition coefficient (Wildman–Crippen LogP) is 6.64. The van der Waals surface area contributed by atoms with Gasteiger partial charge in [0.25, 0.3) is 5.66 Å². The smallest absolute Gasteiger partial charge is 0.436 e. The first-order valence-electron chi connectivity index (χ1n) is 11.5. The van der Waals surface area contributed by atoms with Gasteiger partial charge in [0.2, 0.25) is 5.95 Å². The van der Waals surface area contributed by atoms with E-state index >= 15 is 0 Å². The second kappa shape index (κ2) is 9.06. The maximum Gasteiger partial charge on any atom is 0.436 e. The van der Waals surface area contributed by atoms with Gasteiger partial charge in [0.1, 0.15) is 5.60 Å². The van der Waals surface area contributed by atoms with Crippen LogP contribution >= 0.6 is 23.2 Å². The molecule has 1 amide bonds. The van der Waals surface area contributed by atoms with Crippen molar-refractivity contribution >= 4 is 46.3 Å². The lowest BCUT2D eigenvalue weighted by molar-refractivity contribution is -0.205. The normalized spacial score (nSPS) is 20.9. The maximum atomic E-state index is 14.8. The van der Waals surface area contributed by atoms with Crippen molar-refractivity contribution in [3.05, 3.63) is 46.7 Å². The molecule has 0 radical (unpaired) electrons. The molecule has 2 aromatic rings. The fourth-order valence-corrected chi connectivity index (χ4v) is 4.97. The summed E-state index contributed by atoms with van der Waals surface area (Å²) in [6, 6.07) is 2.77. The van der Waals surface area contributed by atoms with Crippen LogP contribution in [0.5, 0.6) is 0 Å². The summed E-state index contributed by atoms with van der Waals surface area (Å²) in [6.45, 7) is 13.9. The minimum absolute atomic E-state index is 0.0309. The standard InChI is InChI=1S/C24H28Cl2F3N5O2/c1-13(10-15-6-8-33(9-7-15)21(35)36-22(3,4)5)32-23(24(27,28)29)14(2)30-20-31-18-11-16(25)17(26)12-19(18)34(20)23/h11-12,15,32H,1-2,6-10H2,3-5H3,(H,30,31). The lowest BCUT2D eigenvalue weighted by Crippen LogP contribution is -2.57. The number of benzene rings is 1. The van der Waals surface area contributed by atoms with E-state index in [1.165, 1.54) is 12.1 Å². The third-order valence-corrected chi connectivity index (χ3v) is 7.02. The first-order valence-corrected chi connectivity index (χ1v) is 12.2. The molecule has 0 bridgehead atoms. The first-order chi connectivity index (χ1) is 16.6. The van der Waals surface area contributed by atoms with Gasteiger partial charge in [0.15, 0.2) is 0 Å². The summed E-state index contributed by atoms with van der Waals surface area (Å²) in [5, 5.41) is 5.58. The molecule has 12 heteroatoms. The van der Waals surface area contributed by atoms with E-state index in [2.05, 4.69) is 28.8 Å². The van der Waals surface area contributed by atoms with Gasteiger partial charge in [-0.3, -0.25) is 4.57 Å². The van der Waals surface area contributed by atoms with Gasteiger partial charge >= 0.3 is 12.3 Å². The van der Waals surface area contributed by atoms with Gasteiger partial charge in [-0.2, -0.15) is 13.2 Å². The molecule has 2 aliphatic rings. The number of hydrogen-bond acceptors (Lipinski definition) is 5. The quantitative estimate of drug-likeness (QED) is 0.450. The molecule has 1 fully saturated rings. The van der Waals surface area contributed by atoms with Gasteiger partial charge in [-0.15, -0.1) is 0 Å². The summed E-state index contributed by atoms with van der Waals surface area (Å²) >= 11 is 12.2. The zero-order chi connectivity index (χ0) is 26.6. The Morgan fingerprint density at radius 1 is 1.25 bits per heavy atom. The lowest BCUT2D eigenvalue weighted by Gasteiger charge is -2.38. The highest BCUT2D eigenvalue weighted by molar-refractivity contribution is 6.42. The molecule has 2 N–H and O–H groups in total. The molecule has 0 aliphatic carbocycles. The SMILES string of the molecule is C=C(CC1CCN(C(=O)OC(C)(C)C)CC1)NC1(C(F)(F)F)C(=C)Nc2nc3cc(Cl)c(Cl)cc3n21. The largest absolute Gasteiger partial charge is 0.444 e. The monoisotopic (exact) mass is 545 g/mol. The zero-order valence-electron chi connectivity index (χ0n) is 20.2. The highest BCUT2D eigenvalue weighted by atomic mass is 35.5. The van der Waals surface area contributed by atoms with E-state index in [4.69, 9.17) is 27.9 Å². The fourth-order valence-electron chi connectivity index (χ4n) is 4.66. The van der Waals surface area contributed by atoms with Crippen molar-refractivity contribution in [2.24, 2.45) is 5.92 Å². The summed E-state index contributed by atoms with van der Waals surface area (Å²) in [4.78, 5) is 18.2. The van der Waals surface area contributed by atoms with Crippen LogP contribution in [0.4, 0.5) is 23.9 Å². The van der Waals surface area contributed by atoms with Crippen LogP contribution in [-0.4, -0.2) is 45.4 Å². The Morgan fingerprint density at radius 2 is 1.86 bits per heavy atom. The van der Waals surface area contributed by atoms with Crippen LogP contribution in [0.2, 0.25) is 10.0 Å². The molecule has 1 unspecified atom stereocenters. The van der Waals surface area contributed by atoms with Crippen LogP contribution in [0.15, 0.2) is 36.7 Å². The third kappa shape index (κ3) is 4.72. The van der Waals surface area contributed by atoms with Gasteiger partial charge in [-0.1, -0.05) is 36.4 Å². The summed E-state index contributed by atoms with van der Waals surface area (Å²) < 4.78 is 50.7. The van der Waals surface area contributed by atoms with Crippen LogP contribution in [-0.2, 0) is 10.4 Å². The van der Waals surface area contributed by atoms with Crippen molar-refractivity contribution in [3.8, 4) is 0 Å². The number of amides is 1. The van der Waals surface area contributed by atoms with Crippen LogP contribution in [0.3, 0.4) is 0 Å². The van der Waals surface area contributed by atoms with E-state index in [0.717, 1.165) is 4.57 Å². The molecule has 36 heavy (non-hydrogen) atoms. The molecule has 4 rings (SSSR count). The van der Waals surface area contributed by atoms with Crippen molar-refractivity contribution in [2.75, 3.05) is 18.4 Å². The minimum atomic E-state index is -4.80. The number of ether oxygens (including phenoxy) is 1. The second-order valence-corrected chi connectivity index (χ2v) is 11.0. The molecule has 0 saturated carbocycles. The number of anilines is 1. The number of rotatable bonds is 4. The number of alkyl halides is 3. The summed E-state index contributed by atoms with van der Waals surface area (Å²) in [5.41, 5.74) is -3.04. The van der Waals surface area contributed by atoms with Gasteiger partial charge in [-0.25, -0.2) is 9.78 Å². The van der Waals surface area contributed by atoms with E-state index in [-0.39, 0.29) is 50.4 Å². The molecule has 1 aromatic carbocycles. The Balaban J connectivity index is 1.54. The van der Waals surface area contributed by atoms with Gasteiger partial charge in [-0.05, 0) is 58.1 Å². The molecular formula is C24H28Cl2F3N5O2. The summed E-state index contributed by atoms with van der Waals surface area (Å²) in [6.07, 6.45) is -3.66. The number of allylic oxidation sites excluding steroid dienone is 1. The van der Waals surface area contributed by atoms with Gasteiger partial charge in [0.05, 0.1) is 26.8 Å². The number of carbonyl (C=O) groups excluding carboxylic acids is 1. The summed E-state index contributed by atoms with van der Waals surface area (Å²) in [7, 11) is 0. The zero-order valence-corrected chi connectivity index (χ0v) is 21.7. The number of imidazole rings is 1. The van der Waals surface area contributed by atoms with E-state index in [0.29, 0.717) is 32.4 Å². The van der Waals surface area contributed by atoms with Crippen molar-refractivity contribution in [1.82, 2.24) is 19.8 Å². The van der Waals surface area contributed by atoms with Crippen LogP contribution in [0.25, 0.3) is 11.0 Å². The molecular weight excluding hydrogens is 518 g/mol. The first kappa shape index (κ1) is 26.5. The van der Waals surface area contributed by atoms with Crippen LogP contribution in [0, 0.1) is 5.92 Å². The number of hydrogen-bond donors (Lipinski definition) is 2. The van der Waals surface area contributed by atoms with E-state index in [9.17, 15) is 18.0 Å². The molecule has 1 saturated heterocycles. The van der Waals surface area contributed by atoms with Crippen molar-refractivity contribution < 1.29 is 22.7 Å².